The van der Waals surface area contributed by atoms with Crippen molar-refractivity contribution in [3.63, 3.8) is 0 Å². The molecule has 1 heterocycles. The average Bonchev–Trinajstić information content (AvgIpc) is 2.92. The van der Waals surface area contributed by atoms with Crippen LogP contribution in [-0.4, -0.2) is 29.2 Å². The third-order valence-electron chi connectivity index (χ3n) is 5.20. The molecule has 146 valence electrons. The molecule has 0 unspecified atom stereocenters. The van der Waals surface area contributed by atoms with E-state index in [0.29, 0.717) is 24.1 Å². The summed E-state index contributed by atoms with van der Waals surface area (Å²) in [6.45, 7) is 4.50. The van der Waals surface area contributed by atoms with Crippen molar-refractivity contribution in [1.82, 2.24) is 4.90 Å². The van der Waals surface area contributed by atoms with Gasteiger partial charge in [0.2, 0.25) is 5.91 Å². The van der Waals surface area contributed by atoms with E-state index in [2.05, 4.69) is 5.32 Å². The number of imide groups is 1. The lowest BCUT2D eigenvalue weighted by molar-refractivity contribution is -0.116. The normalized spacial score (nSPS) is 13.0. The molecule has 0 spiro atoms. The minimum atomic E-state index is -0.201. The molecule has 5 heteroatoms. The fraction of sp³-hybridized carbons (Fsp3) is 0.348. The van der Waals surface area contributed by atoms with Crippen LogP contribution in [0.15, 0.2) is 42.5 Å². The summed E-state index contributed by atoms with van der Waals surface area (Å²) in [6, 6.07) is 12.8. The number of carbonyl (C=O) groups excluding carboxylic acids is 3. The summed E-state index contributed by atoms with van der Waals surface area (Å²) in [4.78, 5) is 38.0. The Morgan fingerprint density at radius 3 is 2.14 bits per heavy atom. The van der Waals surface area contributed by atoms with Gasteiger partial charge in [-0.1, -0.05) is 31.0 Å². The van der Waals surface area contributed by atoms with Crippen molar-refractivity contribution in [1.29, 1.82) is 0 Å². The molecule has 3 rings (SSSR count). The predicted molar refractivity (Wildman–Crippen MR) is 109 cm³/mol. The molecule has 0 bridgehead atoms. The highest BCUT2D eigenvalue weighted by Gasteiger charge is 2.34. The molecule has 0 saturated heterocycles. The zero-order chi connectivity index (χ0) is 20.1. The Kier molecular flexibility index (Phi) is 6.24. The van der Waals surface area contributed by atoms with Gasteiger partial charge in [-0.25, -0.2) is 0 Å². The molecule has 1 aliphatic rings. The van der Waals surface area contributed by atoms with Crippen molar-refractivity contribution in [3.05, 3.63) is 64.7 Å². The van der Waals surface area contributed by atoms with Crippen LogP contribution >= 0.6 is 0 Å². The summed E-state index contributed by atoms with van der Waals surface area (Å²) < 4.78 is 0. The summed E-state index contributed by atoms with van der Waals surface area (Å²) in [5.74, 6) is -0.384. The molecule has 2 aromatic rings. The van der Waals surface area contributed by atoms with Crippen molar-refractivity contribution in [2.45, 2.75) is 46.0 Å². The van der Waals surface area contributed by atoms with Gasteiger partial charge < -0.3 is 5.32 Å². The number of unbranched alkanes of at least 4 members (excludes halogenated alkanes) is 3. The van der Waals surface area contributed by atoms with E-state index < -0.39 is 0 Å². The molecule has 0 atom stereocenters. The molecular weight excluding hydrogens is 352 g/mol. The highest BCUT2D eigenvalue weighted by Crippen LogP contribution is 2.23. The van der Waals surface area contributed by atoms with Crippen LogP contribution in [-0.2, 0) is 4.79 Å². The van der Waals surface area contributed by atoms with E-state index in [-0.39, 0.29) is 17.7 Å². The SMILES string of the molecule is Cc1ccc(NC(=O)CCCCCCN2C(=O)c3ccccc3C2=O)cc1C. The number of nitrogens with zero attached hydrogens (tertiary/aromatic N) is 1. The van der Waals surface area contributed by atoms with Gasteiger partial charge in [0, 0.05) is 18.7 Å². The lowest BCUT2D eigenvalue weighted by Crippen LogP contribution is -2.30. The second kappa shape index (κ2) is 8.83. The van der Waals surface area contributed by atoms with Gasteiger partial charge in [-0.3, -0.25) is 19.3 Å². The summed E-state index contributed by atoms with van der Waals surface area (Å²) in [5, 5.41) is 2.93. The predicted octanol–water partition coefficient (Wildman–Crippen LogP) is 4.49. The second-order valence-electron chi connectivity index (χ2n) is 7.32. The van der Waals surface area contributed by atoms with E-state index in [1.807, 2.05) is 32.0 Å². The Balaban J connectivity index is 1.34. The zero-order valence-electron chi connectivity index (χ0n) is 16.5. The Hall–Kier alpha value is -2.95. The van der Waals surface area contributed by atoms with E-state index in [1.165, 1.54) is 10.5 Å². The Bertz CT molecular complexity index is 869. The van der Waals surface area contributed by atoms with Crippen molar-refractivity contribution in [3.8, 4) is 0 Å². The molecule has 0 aliphatic carbocycles. The van der Waals surface area contributed by atoms with E-state index in [4.69, 9.17) is 0 Å². The fourth-order valence-corrected chi connectivity index (χ4v) is 3.39. The highest BCUT2D eigenvalue weighted by atomic mass is 16.2. The van der Waals surface area contributed by atoms with Crippen LogP contribution in [0.2, 0.25) is 0 Å². The minimum Gasteiger partial charge on any atom is -0.326 e. The molecule has 0 fully saturated rings. The third-order valence-corrected chi connectivity index (χ3v) is 5.20. The van der Waals surface area contributed by atoms with Gasteiger partial charge in [-0.05, 0) is 62.1 Å². The maximum atomic E-state index is 12.3. The lowest BCUT2D eigenvalue weighted by atomic mass is 10.1. The number of hydrogen-bond acceptors (Lipinski definition) is 3. The number of rotatable bonds is 8. The van der Waals surface area contributed by atoms with Crippen LogP contribution in [0.1, 0.15) is 63.9 Å². The molecule has 3 amide bonds. The second-order valence-corrected chi connectivity index (χ2v) is 7.32. The molecule has 0 radical (unpaired) electrons. The smallest absolute Gasteiger partial charge is 0.261 e. The Morgan fingerprint density at radius 2 is 1.50 bits per heavy atom. The molecule has 1 N–H and O–H groups in total. The third kappa shape index (κ3) is 4.47. The van der Waals surface area contributed by atoms with Crippen molar-refractivity contribution < 1.29 is 14.4 Å². The van der Waals surface area contributed by atoms with Gasteiger partial charge >= 0.3 is 0 Å². The van der Waals surface area contributed by atoms with E-state index in [0.717, 1.165) is 36.9 Å². The Labute approximate surface area is 165 Å². The summed E-state index contributed by atoms with van der Waals surface area (Å²) >= 11 is 0. The Morgan fingerprint density at radius 1 is 0.857 bits per heavy atom. The molecule has 28 heavy (non-hydrogen) atoms. The number of aryl methyl sites for hydroxylation is 2. The molecule has 5 nitrogen and oxygen atoms in total. The topological polar surface area (TPSA) is 66.5 Å². The first-order valence-corrected chi connectivity index (χ1v) is 9.79. The van der Waals surface area contributed by atoms with E-state index in [9.17, 15) is 14.4 Å². The largest absolute Gasteiger partial charge is 0.326 e. The maximum Gasteiger partial charge on any atom is 0.261 e. The lowest BCUT2D eigenvalue weighted by Gasteiger charge is -2.13. The molecular formula is C23H26N2O3. The van der Waals surface area contributed by atoms with Crippen LogP contribution in [0.5, 0.6) is 0 Å². The fourth-order valence-electron chi connectivity index (χ4n) is 3.39. The number of carbonyl (C=O) groups is 3. The van der Waals surface area contributed by atoms with Gasteiger partial charge in [-0.2, -0.15) is 0 Å². The average molecular weight is 378 g/mol. The molecule has 0 aromatic heterocycles. The van der Waals surface area contributed by atoms with Gasteiger partial charge in [0.1, 0.15) is 0 Å². The van der Waals surface area contributed by atoms with Gasteiger partial charge in [0.15, 0.2) is 0 Å². The van der Waals surface area contributed by atoms with Crippen molar-refractivity contribution in [2.75, 3.05) is 11.9 Å². The van der Waals surface area contributed by atoms with Crippen molar-refractivity contribution in [2.24, 2.45) is 0 Å². The van der Waals surface area contributed by atoms with Gasteiger partial charge in [-0.15, -0.1) is 0 Å². The van der Waals surface area contributed by atoms with Crippen LogP contribution in [0.3, 0.4) is 0 Å². The van der Waals surface area contributed by atoms with Crippen LogP contribution in [0.4, 0.5) is 5.69 Å². The number of benzene rings is 2. The van der Waals surface area contributed by atoms with Gasteiger partial charge in [0.25, 0.3) is 11.8 Å². The monoisotopic (exact) mass is 378 g/mol. The number of nitrogens with one attached hydrogen (secondary N) is 1. The summed E-state index contributed by atoms with van der Waals surface area (Å²) in [5.41, 5.74) is 4.19. The van der Waals surface area contributed by atoms with E-state index >= 15 is 0 Å². The standard InChI is InChI=1S/C23H26N2O3/c1-16-12-13-18(15-17(16)2)24-21(26)11-5-3-4-8-14-25-22(27)19-9-6-7-10-20(19)23(25)28/h6-7,9-10,12-13,15H,3-5,8,11,14H2,1-2H3,(H,24,26). The molecule has 0 saturated carbocycles. The summed E-state index contributed by atoms with van der Waals surface area (Å²) in [7, 11) is 0. The first kappa shape index (κ1) is 19.8. The number of fused-ring (bicyclic) bond motifs is 1. The number of anilines is 1. The highest BCUT2D eigenvalue weighted by molar-refractivity contribution is 6.21. The van der Waals surface area contributed by atoms with Crippen molar-refractivity contribution >= 4 is 23.4 Å². The maximum absolute atomic E-state index is 12.3. The van der Waals surface area contributed by atoms with Crippen LogP contribution in [0, 0.1) is 13.8 Å². The number of hydrogen-bond donors (Lipinski definition) is 1. The van der Waals surface area contributed by atoms with Gasteiger partial charge in [0.05, 0.1) is 11.1 Å². The number of amides is 3. The first-order valence-electron chi connectivity index (χ1n) is 9.79. The summed E-state index contributed by atoms with van der Waals surface area (Å²) in [6.07, 6.45) is 3.79. The quantitative estimate of drug-likeness (QED) is 0.544. The van der Waals surface area contributed by atoms with E-state index in [1.54, 1.807) is 24.3 Å². The first-order chi connectivity index (χ1) is 13.5. The molecule has 1 aliphatic heterocycles. The van der Waals surface area contributed by atoms with Crippen LogP contribution in [0.25, 0.3) is 0 Å². The minimum absolute atomic E-state index is 0.0172. The zero-order valence-corrected chi connectivity index (χ0v) is 16.5. The van der Waals surface area contributed by atoms with Crippen LogP contribution < -0.4 is 5.32 Å². The molecule has 2 aromatic carbocycles.